The maximum absolute atomic E-state index is 8.65. The second-order valence-electron chi connectivity index (χ2n) is 2.76. The number of aliphatic hydroxyl groups excluding tert-OH is 1. The van der Waals surface area contributed by atoms with Crippen LogP contribution in [0.2, 0.25) is 0 Å². The number of amidine groups is 1. The van der Waals surface area contributed by atoms with Crippen LogP contribution in [0.25, 0.3) is 0 Å². The Balaban J connectivity index is 2.77. The molecule has 0 radical (unpaired) electrons. The summed E-state index contributed by atoms with van der Waals surface area (Å²) < 4.78 is 0. The minimum atomic E-state index is 0.00194. The lowest BCUT2D eigenvalue weighted by Crippen LogP contribution is -2.16. The first-order chi connectivity index (χ1) is 7.29. The summed E-state index contributed by atoms with van der Waals surface area (Å²) >= 11 is 1.52. The molecule has 0 bridgehead atoms. The summed E-state index contributed by atoms with van der Waals surface area (Å²) in [5, 5.41) is 20.1. The molecule has 0 aromatic carbocycles. The van der Waals surface area contributed by atoms with Gasteiger partial charge in [0.1, 0.15) is 5.69 Å². The molecule has 82 valence electrons. The molecule has 0 spiro atoms. The summed E-state index contributed by atoms with van der Waals surface area (Å²) in [6.07, 6.45) is 2.29. The van der Waals surface area contributed by atoms with Gasteiger partial charge in [-0.15, -0.1) is 11.8 Å². The molecule has 0 aliphatic carbocycles. The fraction of sp³-hybridized carbons (Fsp3) is 0.333. The minimum absolute atomic E-state index is 0.00194. The van der Waals surface area contributed by atoms with Crippen LogP contribution in [-0.4, -0.2) is 33.5 Å². The van der Waals surface area contributed by atoms with Crippen LogP contribution in [-0.2, 0) is 0 Å². The predicted octanol–water partition coefficient (Wildman–Crippen LogP) is 0.651. The lowest BCUT2D eigenvalue weighted by atomic mass is 10.3. The number of nitrogens with two attached hydrogens (primary N) is 1. The molecule has 0 amide bonds. The van der Waals surface area contributed by atoms with Crippen LogP contribution in [0.15, 0.2) is 28.4 Å². The number of hydrogen-bond donors (Lipinski definition) is 3. The van der Waals surface area contributed by atoms with Crippen LogP contribution in [0.3, 0.4) is 0 Å². The SMILES string of the molecule is N/C(=N/O)c1ncccc1SCCCO. The first-order valence-electron chi connectivity index (χ1n) is 4.46. The fourth-order valence-corrected chi connectivity index (χ4v) is 1.96. The van der Waals surface area contributed by atoms with Crippen molar-refractivity contribution in [2.75, 3.05) is 12.4 Å². The molecule has 0 saturated carbocycles. The number of pyridine rings is 1. The smallest absolute Gasteiger partial charge is 0.189 e. The van der Waals surface area contributed by atoms with E-state index >= 15 is 0 Å². The largest absolute Gasteiger partial charge is 0.409 e. The molecule has 0 unspecified atom stereocenters. The van der Waals surface area contributed by atoms with Crippen LogP contribution in [0.4, 0.5) is 0 Å². The molecule has 0 saturated heterocycles. The van der Waals surface area contributed by atoms with Gasteiger partial charge >= 0.3 is 0 Å². The van der Waals surface area contributed by atoms with Crippen LogP contribution < -0.4 is 5.73 Å². The fourth-order valence-electron chi connectivity index (χ4n) is 0.993. The van der Waals surface area contributed by atoms with Crippen LogP contribution in [0.1, 0.15) is 12.1 Å². The highest BCUT2D eigenvalue weighted by molar-refractivity contribution is 7.99. The van der Waals surface area contributed by atoms with Crippen LogP contribution in [0.5, 0.6) is 0 Å². The van der Waals surface area contributed by atoms with Crippen LogP contribution in [0, 0.1) is 0 Å². The van der Waals surface area contributed by atoms with Crippen molar-refractivity contribution in [3.05, 3.63) is 24.0 Å². The molecular weight excluding hydrogens is 214 g/mol. The van der Waals surface area contributed by atoms with Crippen molar-refractivity contribution >= 4 is 17.6 Å². The average Bonchev–Trinajstić information content (AvgIpc) is 2.29. The number of thioether (sulfide) groups is 1. The first-order valence-corrected chi connectivity index (χ1v) is 5.44. The second kappa shape index (κ2) is 6.26. The molecule has 1 aromatic rings. The Morgan fingerprint density at radius 2 is 2.40 bits per heavy atom. The van der Waals surface area contributed by atoms with E-state index in [4.69, 9.17) is 16.0 Å². The Labute approximate surface area is 92.0 Å². The van der Waals surface area contributed by atoms with Gasteiger partial charge in [0.25, 0.3) is 0 Å². The van der Waals surface area contributed by atoms with Crippen molar-refractivity contribution in [2.24, 2.45) is 10.9 Å². The Bertz CT molecular complexity index is 344. The van der Waals surface area contributed by atoms with Gasteiger partial charge < -0.3 is 16.0 Å². The molecule has 0 aliphatic heterocycles. The van der Waals surface area contributed by atoms with Crippen molar-refractivity contribution < 1.29 is 10.3 Å². The van der Waals surface area contributed by atoms with E-state index < -0.39 is 0 Å². The summed E-state index contributed by atoms with van der Waals surface area (Å²) in [5.41, 5.74) is 5.95. The van der Waals surface area contributed by atoms with E-state index in [-0.39, 0.29) is 12.4 Å². The molecule has 6 heteroatoms. The van der Waals surface area contributed by atoms with Crippen molar-refractivity contribution in [3.8, 4) is 0 Å². The third-order valence-corrected chi connectivity index (χ3v) is 2.81. The van der Waals surface area contributed by atoms with Gasteiger partial charge in [-0.05, 0) is 18.6 Å². The summed E-state index contributed by atoms with van der Waals surface area (Å²) in [7, 11) is 0. The summed E-state index contributed by atoms with van der Waals surface area (Å²) in [4.78, 5) is 4.88. The molecule has 0 atom stereocenters. The van der Waals surface area contributed by atoms with E-state index in [1.54, 1.807) is 12.3 Å². The Hall–Kier alpha value is -1.27. The van der Waals surface area contributed by atoms with Crippen molar-refractivity contribution in [3.63, 3.8) is 0 Å². The summed E-state index contributed by atoms with van der Waals surface area (Å²) in [6.45, 7) is 0.159. The third kappa shape index (κ3) is 3.41. The standard InChI is InChI=1S/C9H13N3O2S/c10-9(12-14)8-7(3-1-4-11-8)15-6-2-5-13/h1,3-4,13-14H,2,5-6H2,(H2,10,12). The van der Waals surface area contributed by atoms with Gasteiger partial charge in [0, 0.05) is 23.5 Å². The zero-order valence-corrected chi connectivity index (χ0v) is 8.94. The van der Waals surface area contributed by atoms with E-state index in [9.17, 15) is 0 Å². The average molecular weight is 227 g/mol. The van der Waals surface area contributed by atoms with E-state index in [1.165, 1.54) is 11.8 Å². The minimum Gasteiger partial charge on any atom is -0.409 e. The predicted molar refractivity (Wildman–Crippen MR) is 59.2 cm³/mol. The Morgan fingerprint density at radius 3 is 3.07 bits per heavy atom. The summed E-state index contributed by atoms with van der Waals surface area (Å²) in [5.74, 6) is 0.774. The molecule has 0 aliphatic rings. The molecule has 1 rings (SSSR count). The summed E-state index contributed by atoms with van der Waals surface area (Å²) in [6, 6.07) is 3.64. The van der Waals surface area contributed by atoms with Crippen molar-refractivity contribution in [2.45, 2.75) is 11.3 Å². The Morgan fingerprint density at radius 1 is 1.60 bits per heavy atom. The normalized spacial score (nSPS) is 11.7. The molecule has 15 heavy (non-hydrogen) atoms. The quantitative estimate of drug-likeness (QED) is 0.171. The van der Waals surface area contributed by atoms with E-state index in [2.05, 4.69) is 10.1 Å². The zero-order chi connectivity index (χ0) is 11.1. The van der Waals surface area contributed by atoms with Crippen molar-refractivity contribution in [1.82, 2.24) is 4.98 Å². The molecule has 1 aromatic heterocycles. The second-order valence-corrected chi connectivity index (χ2v) is 3.90. The van der Waals surface area contributed by atoms with Gasteiger partial charge in [-0.1, -0.05) is 5.16 Å². The highest BCUT2D eigenvalue weighted by atomic mass is 32.2. The topological polar surface area (TPSA) is 91.7 Å². The van der Waals surface area contributed by atoms with Gasteiger partial charge in [-0.25, -0.2) is 0 Å². The number of hydrogen-bond acceptors (Lipinski definition) is 5. The van der Waals surface area contributed by atoms with Crippen molar-refractivity contribution in [1.29, 1.82) is 0 Å². The van der Waals surface area contributed by atoms with E-state index in [0.29, 0.717) is 12.1 Å². The molecular formula is C9H13N3O2S. The van der Waals surface area contributed by atoms with Gasteiger partial charge in [0.15, 0.2) is 5.84 Å². The number of aliphatic hydroxyl groups is 1. The Kier molecular flexibility index (Phi) is 4.92. The maximum Gasteiger partial charge on any atom is 0.189 e. The number of nitrogens with zero attached hydrogens (tertiary/aromatic N) is 2. The molecule has 1 heterocycles. The van der Waals surface area contributed by atoms with Gasteiger partial charge in [0.2, 0.25) is 0 Å². The van der Waals surface area contributed by atoms with Gasteiger partial charge in [-0.2, -0.15) is 0 Å². The van der Waals surface area contributed by atoms with Gasteiger partial charge in [0.05, 0.1) is 0 Å². The monoisotopic (exact) mass is 227 g/mol. The van der Waals surface area contributed by atoms with Crippen LogP contribution >= 0.6 is 11.8 Å². The number of oxime groups is 1. The zero-order valence-electron chi connectivity index (χ0n) is 8.13. The van der Waals surface area contributed by atoms with E-state index in [1.807, 2.05) is 6.07 Å². The third-order valence-electron chi connectivity index (χ3n) is 1.68. The maximum atomic E-state index is 8.65. The van der Waals surface area contributed by atoms with E-state index in [0.717, 1.165) is 10.6 Å². The van der Waals surface area contributed by atoms with Gasteiger partial charge in [-0.3, -0.25) is 4.98 Å². The molecule has 4 N–H and O–H groups in total. The lowest BCUT2D eigenvalue weighted by Gasteiger charge is -2.05. The highest BCUT2D eigenvalue weighted by Crippen LogP contribution is 2.21. The highest BCUT2D eigenvalue weighted by Gasteiger charge is 2.07. The molecule has 5 nitrogen and oxygen atoms in total. The lowest BCUT2D eigenvalue weighted by molar-refractivity contribution is 0.296. The molecule has 0 fully saturated rings. The number of rotatable bonds is 5. The number of aromatic nitrogens is 1. The first kappa shape index (κ1) is 11.8.